The molecule has 0 aliphatic carbocycles. The maximum absolute atomic E-state index is 13.1. The largest absolute Gasteiger partial charge is 0.458 e. The molecule has 4 N–H and O–H groups in total. The molecule has 6 bridgehead atoms. The van der Waals surface area contributed by atoms with Gasteiger partial charge in [0.2, 0.25) is 5.60 Å². The van der Waals surface area contributed by atoms with E-state index >= 15 is 0 Å². The molecule has 4 aliphatic rings. The van der Waals surface area contributed by atoms with Gasteiger partial charge in [0.05, 0.1) is 36.6 Å². The molecule has 4 aliphatic heterocycles. The maximum atomic E-state index is 13.1. The van der Waals surface area contributed by atoms with Crippen LogP contribution in [0, 0.1) is 11.8 Å². The second kappa shape index (κ2) is 13.4. The van der Waals surface area contributed by atoms with Crippen molar-refractivity contribution >= 4 is 11.9 Å². The molecule has 226 valence electrons. The standard InChI is InChI=1S/C30H46O10/c1-4-8-27(33)40-26-15-21-14-19(31)13-20(37-21)11-17(2)9-6-5-7-10-23-18(3)12-24(38-23)22(32)16-25-28(34)30(26,36)29(35)39-25/h5-7,9,17-26,28,31-32,34,36H,4,8,10-16H2,1-3H3/t17-,18+,19-,20+,21+,22+,23+,24+,25+,26-,28-,30-/m0/s1. The first-order chi connectivity index (χ1) is 19.0. The molecular formula is C30H46O10. The molecule has 3 fully saturated rings. The minimum Gasteiger partial charge on any atom is -0.458 e. The van der Waals surface area contributed by atoms with Crippen molar-refractivity contribution in [1.29, 1.82) is 0 Å². The molecule has 0 radical (unpaired) electrons. The predicted molar refractivity (Wildman–Crippen MR) is 144 cm³/mol. The fourth-order valence-electron chi connectivity index (χ4n) is 6.46. The molecule has 12 atom stereocenters. The number of fused-ring (bicyclic) bond motifs is 6. The van der Waals surface area contributed by atoms with E-state index in [1.54, 1.807) is 6.92 Å². The number of esters is 2. The van der Waals surface area contributed by atoms with Crippen LogP contribution in [0.5, 0.6) is 0 Å². The molecule has 4 rings (SSSR count). The van der Waals surface area contributed by atoms with E-state index in [-0.39, 0.29) is 49.7 Å². The maximum Gasteiger partial charge on any atom is 0.345 e. The third-order valence-electron chi connectivity index (χ3n) is 8.72. The van der Waals surface area contributed by atoms with Crippen LogP contribution >= 0.6 is 0 Å². The number of carbonyl (C=O) groups is 2. The van der Waals surface area contributed by atoms with Gasteiger partial charge in [0.1, 0.15) is 18.3 Å². The van der Waals surface area contributed by atoms with Gasteiger partial charge in [-0.25, -0.2) is 4.79 Å². The Kier molecular flexibility index (Phi) is 10.5. The number of ether oxygens (including phenoxy) is 4. The minimum absolute atomic E-state index is 0.0628. The van der Waals surface area contributed by atoms with E-state index in [9.17, 15) is 30.0 Å². The third-order valence-corrected chi connectivity index (χ3v) is 8.72. The summed E-state index contributed by atoms with van der Waals surface area (Å²) in [6, 6.07) is 0. The lowest BCUT2D eigenvalue weighted by Gasteiger charge is -2.38. The molecule has 4 heterocycles. The number of aliphatic hydroxyl groups is 4. The summed E-state index contributed by atoms with van der Waals surface area (Å²) in [5, 5.41) is 44.4. The molecule has 0 unspecified atom stereocenters. The highest BCUT2D eigenvalue weighted by atomic mass is 16.6. The molecule has 3 saturated heterocycles. The highest BCUT2D eigenvalue weighted by Crippen LogP contribution is 2.39. The first-order valence-corrected chi connectivity index (χ1v) is 14.8. The molecule has 40 heavy (non-hydrogen) atoms. The smallest absolute Gasteiger partial charge is 0.345 e. The summed E-state index contributed by atoms with van der Waals surface area (Å²) in [5.41, 5.74) is -2.55. The Hall–Kier alpha value is -1.82. The van der Waals surface area contributed by atoms with Gasteiger partial charge in [-0.05, 0) is 50.4 Å². The molecular weight excluding hydrogens is 520 g/mol. The summed E-state index contributed by atoms with van der Waals surface area (Å²) in [6.45, 7) is 5.92. The Bertz CT molecular complexity index is 935. The normalized spacial score (nSPS) is 44.7. The number of aliphatic hydroxyl groups excluding tert-OH is 3. The van der Waals surface area contributed by atoms with E-state index in [0.29, 0.717) is 32.1 Å². The van der Waals surface area contributed by atoms with Crippen LogP contribution in [0.1, 0.15) is 78.6 Å². The molecule has 0 spiro atoms. The zero-order valence-electron chi connectivity index (χ0n) is 23.8. The number of hydrogen-bond donors (Lipinski definition) is 4. The van der Waals surface area contributed by atoms with Crippen LogP contribution in [0.2, 0.25) is 0 Å². The van der Waals surface area contributed by atoms with Crippen molar-refractivity contribution in [3.8, 4) is 0 Å². The van der Waals surface area contributed by atoms with Crippen LogP contribution in [0.25, 0.3) is 0 Å². The Morgan fingerprint density at radius 2 is 1.70 bits per heavy atom. The van der Waals surface area contributed by atoms with Crippen LogP contribution in [-0.4, -0.2) is 92.9 Å². The SMILES string of the molecule is CCCC(=O)O[C@H]1C[C@H]2C[C@@H](O)C[C@@H](C[C@@H](C)C=CC=CC[C@H]3O[C@H](C[C@H]3C)[C@H](O)C[C@H]3OC(=O)[C@@]1(O)[C@H]3O)O2. The summed E-state index contributed by atoms with van der Waals surface area (Å²) in [6.07, 6.45) is 3.32. The molecule has 10 nitrogen and oxygen atoms in total. The Balaban J connectivity index is 1.62. The predicted octanol–water partition coefficient (Wildman–Crippen LogP) is 2.10. The summed E-state index contributed by atoms with van der Waals surface area (Å²) < 4.78 is 23.4. The lowest BCUT2D eigenvalue weighted by atomic mass is 9.83. The number of hydrogen-bond acceptors (Lipinski definition) is 10. The first-order valence-electron chi connectivity index (χ1n) is 14.8. The minimum atomic E-state index is -2.55. The van der Waals surface area contributed by atoms with Gasteiger partial charge >= 0.3 is 11.9 Å². The van der Waals surface area contributed by atoms with Gasteiger partial charge < -0.3 is 39.4 Å². The van der Waals surface area contributed by atoms with Gasteiger partial charge in [-0.1, -0.05) is 45.1 Å². The Morgan fingerprint density at radius 3 is 2.42 bits per heavy atom. The van der Waals surface area contributed by atoms with Gasteiger partial charge in [0.15, 0.2) is 0 Å². The zero-order valence-corrected chi connectivity index (χ0v) is 23.8. The number of rotatable bonds is 3. The van der Waals surface area contributed by atoms with Crippen molar-refractivity contribution < 1.29 is 49.0 Å². The highest BCUT2D eigenvalue weighted by molar-refractivity contribution is 5.84. The van der Waals surface area contributed by atoms with E-state index in [0.717, 1.165) is 0 Å². The van der Waals surface area contributed by atoms with Gasteiger partial charge in [0.25, 0.3) is 0 Å². The van der Waals surface area contributed by atoms with Crippen LogP contribution in [0.15, 0.2) is 24.3 Å². The van der Waals surface area contributed by atoms with E-state index in [4.69, 9.17) is 18.9 Å². The van der Waals surface area contributed by atoms with Crippen molar-refractivity contribution in [3.63, 3.8) is 0 Å². The summed E-state index contributed by atoms with van der Waals surface area (Å²) in [5.74, 6) is -1.40. The van der Waals surface area contributed by atoms with Crippen LogP contribution in [-0.2, 0) is 28.5 Å². The zero-order chi connectivity index (χ0) is 29.0. The monoisotopic (exact) mass is 566 g/mol. The second-order valence-corrected chi connectivity index (χ2v) is 12.2. The van der Waals surface area contributed by atoms with Gasteiger partial charge in [-0.15, -0.1) is 0 Å². The Morgan fingerprint density at radius 1 is 0.975 bits per heavy atom. The van der Waals surface area contributed by atoms with Crippen molar-refractivity contribution in [3.05, 3.63) is 24.3 Å². The topological polar surface area (TPSA) is 152 Å². The fraction of sp³-hybridized carbons (Fsp3) is 0.800. The van der Waals surface area contributed by atoms with Crippen LogP contribution in [0.3, 0.4) is 0 Å². The molecule has 0 aromatic carbocycles. The van der Waals surface area contributed by atoms with Crippen molar-refractivity contribution in [2.45, 2.75) is 139 Å². The quantitative estimate of drug-likeness (QED) is 0.374. The lowest BCUT2D eigenvalue weighted by molar-refractivity contribution is -0.194. The van der Waals surface area contributed by atoms with Gasteiger partial charge in [-0.2, -0.15) is 0 Å². The first kappa shape index (κ1) is 31.1. The van der Waals surface area contributed by atoms with Crippen molar-refractivity contribution in [1.82, 2.24) is 0 Å². The average Bonchev–Trinajstić information content (AvgIpc) is 3.35. The summed E-state index contributed by atoms with van der Waals surface area (Å²) in [7, 11) is 0. The van der Waals surface area contributed by atoms with Crippen LogP contribution < -0.4 is 0 Å². The van der Waals surface area contributed by atoms with Gasteiger partial charge in [-0.3, -0.25) is 4.79 Å². The van der Waals surface area contributed by atoms with Crippen LogP contribution in [0.4, 0.5) is 0 Å². The fourth-order valence-corrected chi connectivity index (χ4v) is 6.46. The molecule has 0 aromatic rings. The summed E-state index contributed by atoms with van der Waals surface area (Å²) >= 11 is 0. The lowest BCUT2D eigenvalue weighted by Crippen LogP contribution is -2.58. The van der Waals surface area contributed by atoms with Crippen molar-refractivity contribution in [2.75, 3.05) is 0 Å². The highest BCUT2D eigenvalue weighted by Gasteiger charge is 2.63. The summed E-state index contributed by atoms with van der Waals surface area (Å²) in [4.78, 5) is 25.7. The number of allylic oxidation sites excluding steroid dienone is 3. The van der Waals surface area contributed by atoms with E-state index in [1.807, 2.05) is 18.2 Å². The molecule has 10 heteroatoms. The number of carbonyl (C=O) groups excluding carboxylic acids is 2. The van der Waals surface area contributed by atoms with Gasteiger partial charge in [0, 0.05) is 19.3 Å². The van der Waals surface area contributed by atoms with E-state index in [2.05, 4.69) is 19.9 Å². The van der Waals surface area contributed by atoms with Crippen molar-refractivity contribution in [2.24, 2.45) is 11.8 Å². The second-order valence-electron chi connectivity index (χ2n) is 12.2. The van der Waals surface area contributed by atoms with E-state index < -0.39 is 60.3 Å². The third kappa shape index (κ3) is 7.14. The molecule has 0 aromatic heterocycles. The molecule has 0 saturated carbocycles. The Labute approximate surface area is 236 Å². The average molecular weight is 567 g/mol. The van der Waals surface area contributed by atoms with E-state index in [1.165, 1.54) is 0 Å². The molecule has 0 amide bonds.